The van der Waals surface area contributed by atoms with E-state index in [0.717, 1.165) is 10.6 Å². The molecule has 0 radical (unpaired) electrons. The Kier molecular flexibility index (Phi) is 4.36. The molecule has 1 aromatic carbocycles. The van der Waals surface area contributed by atoms with Gasteiger partial charge < -0.3 is 5.32 Å². The summed E-state index contributed by atoms with van der Waals surface area (Å²) in [7, 11) is -1.95. The van der Waals surface area contributed by atoms with Gasteiger partial charge in [-0.2, -0.15) is 0 Å². The highest BCUT2D eigenvalue weighted by molar-refractivity contribution is 7.92. The van der Waals surface area contributed by atoms with Crippen molar-refractivity contribution in [1.82, 2.24) is 0 Å². The van der Waals surface area contributed by atoms with Crippen LogP contribution in [0.1, 0.15) is 0 Å². The molecule has 1 N–H and O–H groups in total. The number of nitrogens with zero attached hydrogens (tertiary/aromatic N) is 1. The first-order valence-corrected chi connectivity index (χ1v) is 7.13. The molecule has 0 atom stereocenters. The molecular weight excluding hydrogens is 264 g/mol. The Bertz CT molecular complexity index is 516. The van der Waals surface area contributed by atoms with Crippen LogP contribution >= 0.6 is 11.6 Å². The summed E-state index contributed by atoms with van der Waals surface area (Å²) in [4.78, 5) is 11.2. The zero-order valence-corrected chi connectivity index (χ0v) is 11.0. The summed E-state index contributed by atoms with van der Waals surface area (Å²) in [6.45, 7) is 0. The van der Waals surface area contributed by atoms with E-state index < -0.39 is 10.0 Å². The third-order valence-electron chi connectivity index (χ3n) is 2.14. The Morgan fingerprint density at radius 2 is 2.00 bits per heavy atom. The van der Waals surface area contributed by atoms with E-state index in [9.17, 15) is 13.2 Å². The van der Waals surface area contributed by atoms with Crippen LogP contribution in [-0.4, -0.2) is 33.5 Å². The van der Waals surface area contributed by atoms with E-state index in [1.54, 1.807) is 24.3 Å². The predicted octanol–water partition coefficient (Wildman–Crippen LogP) is 1.26. The highest BCUT2D eigenvalue weighted by atomic mass is 35.5. The van der Waals surface area contributed by atoms with Gasteiger partial charge in [0.2, 0.25) is 15.9 Å². The maximum absolute atomic E-state index is 11.4. The van der Waals surface area contributed by atoms with Crippen molar-refractivity contribution >= 4 is 38.9 Å². The first-order valence-electron chi connectivity index (χ1n) is 4.75. The summed E-state index contributed by atoms with van der Waals surface area (Å²) in [6, 6.07) is 6.60. The average molecular weight is 277 g/mol. The van der Waals surface area contributed by atoms with Crippen LogP contribution in [-0.2, 0) is 14.8 Å². The number of alkyl halides is 1. The first kappa shape index (κ1) is 13.8. The molecule has 0 saturated heterocycles. The zero-order valence-electron chi connectivity index (χ0n) is 9.47. The standard InChI is InChI=1S/C10H13ClN2O3S/c1-13(17(2,15)16)9-6-4-3-5-8(9)12-10(14)7-11/h3-6H,7H2,1-2H3,(H,12,14). The van der Waals surface area contributed by atoms with Crippen LogP contribution < -0.4 is 9.62 Å². The highest BCUT2D eigenvalue weighted by Gasteiger charge is 2.16. The lowest BCUT2D eigenvalue weighted by Gasteiger charge is -2.20. The van der Waals surface area contributed by atoms with Gasteiger partial charge in [0.15, 0.2) is 0 Å². The molecule has 0 aliphatic heterocycles. The number of para-hydroxylation sites is 2. The van der Waals surface area contributed by atoms with Crippen LogP contribution in [0.5, 0.6) is 0 Å². The summed E-state index contributed by atoms with van der Waals surface area (Å²) in [5, 5.41) is 2.54. The third kappa shape index (κ3) is 3.61. The van der Waals surface area contributed by atoms with Crippen molar-refractivity contribution in [3.63, 3.8) is 0 Å². The Morgan fingerprint density at radius 1 is 1.41 bits per heavy atom. The SMILES string of the molecule is CN(c1ccccc1NC(=O)CCl)S(C)(=O)=O. The maximum Gasteiger partial charge on any atom is 0.239 e. The molecule has 0 aliphatic rings. The van der Waals surface area contributed by atoms with Crippen molar-refractivity contribution in [2.24, 2.45) is 0 Å². The van der Waals surface area contributed by atoms with Crippen LogP contribution in [0.15, 0.2) is 24.3 Å². The van der Waals surface area contributed by atoms with E-state index in [4.69, 9.17) is 11.6 Å². The molecule has 0 unspecified atom stereocenters. The number of halogens is 1. The topological polar surface area (TPSA) is 66.5 Å². The fourth-order valence-corrected chi connectivity index (χ4v) is 1.80. The van der Waals surface area contributed by atoms with Gasteiger partial charge in [0, 0.05) is 7.05 Å². The summed E-state index contributed by atoms with van der Waals surface area (Å²) in [5.74, 6) is -0.572. The fraction of sp³-hybridized carbons (Fsp3) is 0.300. The molecule has 1 rings (SSSR count). The Balaban J connectivity index is 3.12. The minimum atomic E-state index is -3.37. The lowest BCUT2D eigenvalue weighted by Crippen LogP contribution is -2.26. The van der Waals surface area contributed by atoms with Crippen LogP contribution in [0.25, 0.3) is 0 Å². The average Bonchev–Trinajstić information content (AvgIpc) is 2.27. The van der Waals surface area contributed by atoms with Crippen LogP contribution in [0, 0.1) is 0 Å². The number of benzene rings is 1. The van der Waals surface area contributed by atoms with Crippen molar-refractivity contribution in [1.29, 1.82) is 0 Å². The molecule has 94 valence electrons. The van der Waals surface area contributed by atoms with Crippen molar-refractivity contribution < 1.29 is 13.2 Å². The lowest BCUT2D eigenvalue weighted by atomic mass is 10.2. The second-order valence-electron chi connectivity index (χ2n) is 3.43. The maximum atomic E-state index is 11.4. The van der Waals surface area contributed by atoms with Gasteiger partial charge >= 0.3 is 0 Å². The van der Waals surface area contributed by atoms with E-state index in [2.05, 4.69) is 5.32 Å². The van der Waals surface area contributed by atoms with Gasteiger partial charge in [0.25, 0.3) is 0 Å². The quantitative estimate of drug-likeness (QED) is 0.842. The van der Waals surface area contributed by atoms with Gasteiger partial charge in [-0.25, -0.2) is 8.42 Å². The van der Waals surface area contributed by atoms with Crippen LogP contribution in [0.4, 0.5) is 11.4 Å². The highest BCUT2D eigenvalue weighted by Crippen LogP contribution is 2.26. The largest absolute Gasteiger partial charge is 0.323 e. The number of anilines is 2. The van der Waals surface area contributed by atoms with Crippen molar-refractivity contribution in [2.75, 3.05) is 28.8 Å². The smallest absolute Gasteiger partial charge is 0.239 e. The number of sulfonamides is 1. The number of hydrogen-bond acceptors (Lipinski definition) is 3. The minimum absolute atomic E-state index is 0.184. The number of nitrogens with one attached hydrogen (secondary N) is 1. The summed E-state index contributed by atoms with van der Waals surface area (Å²) >= 11 is 5.38. The molecule has 0 saturated carbocycles. The van der Waals surface area contributed by atoms with Crippen LogP contribution in [0.3, 0.4) is 0 Å². The van der Waals surface area contributed by atoms with Crippen molar-refractivity contribution in [2.45, 2.75) is 0 Å². The second-order valence-corrected chi connectivity index (χ2v) is 5.71. The zero-order chi connectivity index (χ0) is 13.1. The van der Waals surface area contributed by atoms with E-state index >= 15 is 0 Å². The van der Waals surface area contributed by atoms with E-state index in [0.29, 0.717) is 11.4 Å². The molecule has 0 fully saturated rings. The van der Waals surface area contributed by atoms with Crippen LogP contribution in [0.2, 0.25) is 0 Å². The van der Waals surface area contributed by atoms with Crippen molar-refractivity contribution in [3.05, 3.63) is 24.3 Å². The van der Waals surface area contributed by atoms with Crippen molar-refractivity contribution in [3.8, 4) is 0 Å². The Hall–Kier alpha value is -1.27. The van der Waals surface area contributed by atoms with Gasteiger partial charge in [-0.15, -0.1) is 11.6 Å². The third-order valence-corrected chi connectivity index (χ3v) is 3.57. The number of carbonyl (C=O) groups excluding carboxylic acids is 1. The minimum Gasteiger partial charge on any atom is -0.323 e. The number of amides is 1. The van der Waals surface area contributed by atoms with Gasteiger partial charge in [-0.3, -0.25) is 9.10 Å². The van der Waals surface area contributed by atoms with E-state index in [1.807, 2.05) is 0 Å². The van der Waals surface area contributed by atoms with Gasteiger partial charge in [0.1, 0.15) is 5.88 Å². The molecule has 0 aromatic heterocycles. The molecule has 5 nitrogen and oxygen atoms in total. The first-order chi connectivity index (χ1) is 7.86. The molecule has 17 heavy (non-hydrogen) atoms. The molecule has 7 heteroatoms. The second kappa shape index (κ2) is 5.37. The lowest BCUT2D eigenvalue weighted by molar-refractivity contribution is -0.113. The Labute approximate surface area is 105 Å². The van der Waals surface area contributed by atoms with Gasteiger partial charge in [-0.1, -0.05) is 12.1 Å². The molecule has 0 heterocycles. The fourth-order valence-electron chi connectivity index (χ4n) is 1.22. The monoisotopic (exact) mass is 276 g/mol. The summed E-state index contributed by atoms with van der Waals surface area (Å²) < 4.78 is 23.9. The number of carbonyl (C=O) groups is 1. The molecule has 1 amide bonds. The molecule has 1 aromatic rings. The molecule has 0 spiro atoms. The van der Waals surface area contributed by atoms with Gasteiger partial charge in [-0.05, 0) is 12.1 Å². The van der Waals surface area contributed by atoms with E-state index in [-0.39, 0.29) is 11.8 Å². The summed E-state index contributed by atoms with van der Waals surface area (Å²) in [6.07, 6.45) is 1.09. The molecule has 0 aliphatic carbocycles. The molecular formula is C10H13ClN2O3S. The number of hydrogen-bond donors (Lipinski definition) is 1. The van der Waals surface area contributed by atoms with E-state index in [1.165, 1.54) is 7.05 Å². The Morgan fingerprint density at radius 3 is 2.53 bits per heavy atom. The normalized spacial score (nSPS) is 11.0. The molecule has 0 bridgehead atoms. The van der Waals surface area contributed by atoms with Gasteiger partial charge in [0.05, 0.1) is 17.6 Å². The predicted molar refractivity (Wildman–Crippen MR) is 69.0 cm³/mol. The number of rotatable bonds is 4. The summed E-state index contributed by atoms with van der Waals surface area (Å²) in [5.41, 5.74) is 0.805.